The number of hydrogen-bond acceptors (Lipinski definition) is 5. The minimum absolute atomic E-state index is 0.0534. The zero-order chi connectivity index (χ0) is 40.0. The SMILES string of the molecule is Cc1ccc(N(c2ccc(C)cc2)c2ccc3c(n2)N(c2ccccc2)c2cc(C(C)(C)C)cc4c2B3c2ccc3c(sc5ccccc53)c2N4c2ccccc2)cc1. The highest BCUT2D eigenvalue weighted by Crippen LogP contribution is 2.50. The molecule has 0 N–H and O–H groups in total. The highest BCUT2D eigenvalue weighted by atomic mass is 32.1. The van der Waals surface area contributed by atoms with Gasteiger partial charge in [0.05, 0.1) is 10.4 Å². The summed E-state index contributed by atoms with van der Waals surface area (Å²) < 4.78 is 2.61. The molecule has 0 bridgehead atoms. The molecule has 2 aromatic heterocycles. The molecule has 0 radical (unpaired) electrons. The van der Waals surface area contributed by atoms with E-state index in [1.165, 1.54) is 70.3 Å². The third kappa shape index (κ3) is 5.69. The molecule has 0 fully saturated rings. The molecule has 2 aliphatic rings. The van der Waals surface area contributed by atoms with Gasteiger partial charge in [-0.3, -0.25) is 9.80 Å². The lowest BCUT2D eigenvalue weighted by molar-refractivity contribution is 0.590. The molecule has 0 atom stereocenters. The molecule has 0 aliphatic carbocycles. The molecule has 0 saturated carbocycles. The van der Waals surface area contributed by atoms with Crippen molar-refractivity contribution in [1.29, 1.82) is 0 Å². The summed E-state index contributed by atoms with van der Waals surface area (Å²) in [6.07, 6.45) is 0. The minimum Gasteiger partial charge on any atom is -0.310 e. The fraction of sp³-hybridized carbons (Fsp3) is 0.113. The van der Waals surface area contributed by atoms with Gasteiger partial charge in [-0.05, 0) is 114 Å². The number of aryl methyl sites for hydroxylation is 2. The van der Waals surface area contributed by atoms with E-state index in [0.29, 0.717) is 0 Å². The van der Waals surface area contributed by atoms with E-state index in [1.54, 1.807) is 0 Å². The number of benzene rings is 7. The molecule has 284 valence electrons. The Hall–Kier alpha value is -6.63. The van der Waals surface area contributed by atoms with Gasteiger partial charge < -0.3 is 4.90 Å². The van der Waals surface area contributed by atoms with E-state index < -0.39 is 0 Å². The summed E-state index contributed by atoms with van der Waals surface area (Å²) in [5.41, 5.74) is 15.4. The van der Waals surface area contributed by atoms with Crippen molar-refractivity contribution >= 4 is 106 Å². The van der Waals surface area contributed by atoms with Crippen LogP contribution in [0.25, 0.3) is 20.2 Å². The van der Waals surface area contributed by atoms with Crippen LogP contribution in [0.1, 0.15) is 37.5 Å². The first-order valence-electron chi connectivity index (χ1n) is 20.5. The number of pyridine rings is 1. The van der Waals surface area contributed by atoms with Crippen molar-refractivity contribution in [1.82, 2.24) is 4.98 Å². The van der Waals surface area contributed by atoms with Crippen LogP contribution in [0.3, 0.4) is 0 Å². The Labute approximate surface area is 350 Å². The number of aromatic nitrogens is 1. The standard InChI is InChI=1S/C53H43BN4S/c1-34-20-24-39(25-21-34)56(40-26-22-35(2)23-27-40)48-31-30-44-52(55-48)58(38-16-10-7-11-17-38)46-33-36(53(3,4)5)32-45-49(46)54(44)43-29-28-42-41-18-12-13-19-47(41)59-51(42)50(43)57(45)37-14-8-6-9-15-37/h6-33H,1-5H3. The first-order chi connectivity index (χ1) is 28.7. The Morgan fingerprint density at radius 3 is 1.75 bits per heavy atom. The topological polar surface area (TPSA) is 22.6 Å². The van der Waals surface area contributed by atoms with Crippen LogP contribution in [0.2, 0.25) is 0 Å². The van der Waals surface area contributed by atoms with Gasteiger partial charge in [-0.1, -0.05) is 129 Å². The summed E-state index contributed by atoms with van der Waals surface area (Å²) >= 11 is 1.90. The van der Waals surface area contributed by atoms with Crippen LogP contribution in [0.15, 0.2) is 170 Å². The van der Waals surface area contributed by atoms with E-state index in [9.17, 15) is 0 Å². The Bertz CT molecular complexity index is 3020. The summed E-state index contributed by atoms with van der Waals surface area (Å²) in [4.78, 5) is 13.1. The minimum atomic E-state index is -0.126. The van der Waals surface area contributed by atoms with Gasteiger partial charge in [0.15, 0.2) is 0 Å². The van der Waals surface area contributed by atoms with Crippen LogP contribution in [0.5, 0.6) is 0 Å². The zero-order valence-corrected chi connectivity index (χ0v) is 34.8. The lowest BCUT2D eigenvalue weighted by atomic mass is 9.33. The number of rotatable bonds is 5. The predicted octanol–water partition coefficient (Wildman–Crippen LogP) is 12.9. The van der Waals surface area contributed by atoms with Crippen LogP contribution in [0.4, 0.5) is 51.4 Å². The number of anilines is 9. The molecule has 0 unspecified atom stereocenters. The number of para-hydroxylation sites is 2. The zero-order valence-electron chi connectivity index (χ0n) is 33.9. The van der Waals surface area contributed by atoms with Crippen LogP contribution >= 0.6 is 11.3 Å². The second-order valence-corrected chi connectivity index (χ2v) is 18.1. The van der Waals surface area contributed by atoms with Crippen molar-refractivity contribution in [3.63, 3.8) is 0 Å². The predicted molar refractivity (Wildman–Crippen MR) is 254 cm³/mol. The van der Waals surface area contributed by atoms with Gasteiger partial charge in [0.25, 0.3) is 6.71 Å². The maximum absolute atomic E-state index is 5.80. The van der Waals surface area contributed by atoms with E-state index in [4.69, 9.17) is 4.98 Å². The monoisotopic (exact) mass is 778 g/mol. The van der Waals surface area contributed by atoms with E-state index in [2.05, 4.69) is 219 Å². The molecule has 7 aromatic carbocycles. The summed E-state index contributed by atoms with van der Waals surface area (Å²) in [5, 5.41) is 2.60. The number of thiophene rings is 1. The van der Waals surface area contributed by atoms with Gasteiger partial charge >= 0.3 is 0 Å². The van der Waals surface area contributed by atoms with E-state index in [0.717, 1.165) is 34.4 Å². The maximum Gasteiger partial charge on any atom is 0.254 e. The third-order valence-electron chi connectivity index (χ3n) is 12.1. The second kappa shape index (κ2) is 13.5. The third-order valence-corrected chi connectivity index (χ3v) is 13.3. The van der Waals surface area contributed by atoms with Crippen LogP contribution in [-0.2, 0) is 5.41 Å². The molecule has 4 nitrogen and oxygen atoms in total. The molecule has 6 heteroatoms. The Morgan fingerprint density at radius 2 is 1.12 bits per heavy atom. The van der Waals surface area contributed by atoms with Crippen molar-refractivity contribution < 1.29 is 0 Å². The molecular formula is C53H43BN4S. The van der Waals surface area contributed by atoms with Crippen molar-refractivity contribution in [3.8, 4) is 0 Å². The Kier molecular flexibility index (Phi) is 8.11. The van der Waals surface area contributed by atoms with Crippen LogP contribution in [-0.4, -0.2) is 11.7 Å². The molecule has 9 aromatic rings. The first kappa shape index (κ1) is 35.5. The molecule has 4 heterocycles. The molecule has 0 amide bonds. The van der Waals surface area contributed by atoms with Gasteiger partial charge in [-0.25, -0.2) is 4.98 Å². The fourth-order valence-corrected chi connectivity index (χ4v) is 10.4. The average Bonchev–Trinajstić information content (AvgIpc) is 3.64. The summed E-state index contributed by atoms with van der Waals surface area (Å²) in [7, 11) is 0. The van der Waals surface area contributed by atoms with E-state index in [-0.39, 0.29) is 12.1 Å². The molecule has 11 rings (SSSR count). The normalized spacial score (nSPS) is 13.1. The quantitative estimate of drug-likeness (QED) is 0.162. The molecule has 0 saturated heterocycles. The lowest BCUT2D eigenvalue weighted by Crippen LogP contribution is -2.61. The molecule has 59 heavy (non-hydrogen) atoms. The van der Waals surface area contributed by atoms with Crippen molar-refractivity contribution in [2.75, 3.05) is 14.7 Å². The van der Waals surface area contributed by atoms with Crippen LogP contribution in [0, 0.1) is 13.8 Å². The number of hydrogen-bond donors (Lipinski definition) is 0. The second-order valence-electron chi connectivity index (χ2n) is 17.0. The number of nitrogens with zero attached hydrogens (tertiary/aromatic N) is 4. The highest BCUT2D eigenvalue weighted by molar-refractivity contribution is 7.26. The summed E-state index contributed by atoms with van der Waals surface area (Å²) in [6.45, 7) is 11.2. The largest absolute Gasteiger partial charge is 0.310 e. The lowest BCUT2D eigenvalue weighted by Gasteiger charge is -2.44. The highest BCUT2D eigenvalue weighted by Gasteiger charge is 2.45. The fourth-order valence-electron chi connectivity index (χ4n) is 9.15. The molecular weight excluding hydrogens is 735 g/mol. The number of fused-ring (bicyclic) bond motifs is 8. The Morgan fingerprint density at radius 1 is 0.559 bits per heavy atom. The van der Waals surface area contributed by atoms with E-state index in [1.807, 2.05) is 11.3 Å². The van der Waals surface area contributed by atoms with Gasteiger partial charge in [0.2, 0.25) is 0 Å². The van der Waals surface area contributed by atoms with Gasteiger partial charge in [-0.2, -0.15) is 0 Å². The van der Waals surface area contributed by atoms with Gasteiger partial charge in [0, 0.05) is 49.6 Å². The Balaban J connectivity index is 1.25. The smallest absolute Gasteiger partial charge is 0.254 e. The van der Waals surface area contributed by atoms with Crippen molar-refractivity contribution in [2.24, 2.45) is 0 Å². The summed E-state index contributed by atoms with van der Waals surface area (Å²) in [6, 6.07) is 62.5. The summed E-state index contributed by atoms with van der Waals surface area (Å²) in [5.74, 6) is 1.82. The maximum atomic E-state index is 5.80. The average molecular weight is 779 g/mol. The van der Waals surface area contributed by atoms with Gasteiger partial charge in [0.1, 0.15) is 11.6 Å². The first-order valence-corrected chi connectivity index (χ1v) is 21.3. The van der Waals surface area contributed by atoms with Gasteiger partial charge in [-0.15, -0.1) is 11.3 Å². The van der Waals surface area contributed by atoms with Crippen molar-refractivity contribution in [3.05, 3.63) is 187 Å². The molecule has 2 aliphatic heterocycles. The molecule has 0 spiro atoms. The van der Waals surface area contributed by atoms with E-state index >= 15 is 0 Å². The van der Waals surface area contributed by atoms with Crippen molar-refractivity contribution in [2.45, 2.75) is 40.0 Å². The van der Waals surface area contributed by atoms with Crippen LogP contribution < -0.4 is 31.1 Å².